The average molecular weight is 636 g/mol. The number of aromatic hydroxyl groups is 1. The van der Waals surface area contributed by atoms with Gasteiger partial charge in [-0.05, 0) is 61.4 Å². The molecule has 9 atom stereocenters. The van der Waals surface area contributed by atoms with Crippen LogP contribution in [-0.4, -0.2) is 99.9 Å². The molecule has 0 radical (unpaired) electrons. The van der Waals surface area contributed by atoms with E-state index in [2.05, 4.69) is 5.32 Å². The SMILES string of the molecule is C/C(=C\c1ccc(O[C@H]2C[C@H](O)[C@@H](/C(C)=C/COc3ccc(F)cc3F)O2)c(O)c1)C(=O)N[C@@H]1[C@H](O)[C@@H](O)[C@H]2OCO[C@H]2[C@@H]1O. The Balaban J connectivity index is 1.15. The highest BCUT2D eigenvalue weighted by molar-refractivity contribution is 5.97. The Morgan fingerprint density at radius 3 is 2.42 bits per heavy atom. The van der Waals surface area contributed by atoms with Crippen LogP contribution in [0.2, 0.25) is 0 Å². The number of hydrogen-bond donors (Lipinski definition) is 6. The summed E-state index contributed by atoms with van der Waals surface area (Å²) in [7, 11) is 0. The van der Waals surface area contributed by atoms with Crippen molar-refractivity contribution in [3.63, 3.8) is 0 Å². The Bertz CT molecular complexity index is 1450. The fraction of sp³-hybridized carbons (Fsp3) is 0.452. The summed E-state index contributed by atoms with van der Waals surface area (Å²) in [5.41, 5.74) is 1.22. The van der Waals surface area contributed by atoms with Gasteiger partial charge in [-0.25, -0.2) is 8.78 Å². The van der Waals surface area contributed by atoms with Gasteiger partial charge < -0.3 is 54.5 Å². The van der Waals surface area contributed by atoms with Crippen molar-refractivity contribution in [2.75, 3.05) is 13.4 Å². The Labute approximate surface area is 257 Å². The molecule has 244 valence electrons. The minimum Gasteiger partial charge on any atom is -0.504 e. The van der Waals surface area contributed by atoms with Gasteiger partial charge in [0.2, 0.25) is 12.2 Å². The normalized spacial score (nSPS) is 31.9. The first-order valence-corrected chi connectivity index (χ1v) is 14.3. The first kappa shape index (κ1) is 32.8. The summed E-state index contributed by atoms with van der Waals surface area (Å²) >= 11 is 0. The number of amides is 1. The monoisotopic (exact) mass is 635 g/mol. The van der Waals surface area contributed by atoms with E-state index in [-0.39, 0.29) is 42.6 Å². The second-order valence-corrected chi connectivity index (χ2v) is 11.1. The van der Waals surface area contributed by atoms with Crippen LogP contribution < -0.4 is 14.8 Å². The highest BCUT2D eigenvalue weighted by Crippen LogP contribution is 2.34. The average Bonchev–Trinajstić information content (AvgIpc) is 3.63. The molecular formula is C31H35F2NO11. The Kier molecular flexibility index (Phi) is 10.0. The van der Waals surface area contributed by atoms with E-state index in [9.17, 15) is 39.1 Å². The maximum Gasteiger partial charge on any atom is 0.247 e. The molecule has 0 spiro atoms. The molecule has 3 fully saturated rings. The zero-order valence-corrected chi connectivity index (χ0v) is 24.4. The molecular weight excluding hydrogens is 600 g/mol. The predicted octanol–water partition coefficient (Wildman–Crippen LogP) is 1.28. The molecule has 2 aromatic rings. The van der Waals surface area contributed by atoms with E-state index in [0.717, 1.165) is 6.07 Å². The summed E-state index contributed by atoms with van der Waals surface area (Å²) in [5.74, 6) is -2.48. The summed E-state index contributed by atoms with van der Waals surface area (Å²) in [6.45, 7) is 3.00. The molecule has 3 aliphatic rings. The maximum atomic E-state index is 13.8. The minimum absolute atomic E-state index is 0.0478. The lowest BCUT2D eigenvalue weighted by molar-refractivity contribution is -0.155. The van der Waals surface area contributed by atoms with Crippen LogP contribution >= 0.6 is 0 Å². The van der Waals surface area contributed by atoms with Crippen molar-refractivity contribution in [3.8, 4) is 17.2 Å². The fourth-order valence-corrected chi connectivity index (χ4v) is 5.49. The van der Waals surface area contributed by atoms with E-state index < -0.39 is 72.6 Å². The third kappa shape index (κ3) is 7.28. The van der Waals surface area contributed by atoms with Crippen molar-refractivity contribution in [1.82, 2.24) is 5.32 Å². The lowest BCUT2D eigenvalue weighted by atomic mass is 9.83. The van der Waals surface area contributed by atoms with Crippen LogP contribution in [0.1, 0.15) is 25.8 Å². The van der Waals surface area contributed by atoms with Crippen molar-refractivity contribution in [2.45, 2.75) is 75.3 Å². The van der Waals surface area contributed by atoms with Gasteiger partial charge in [0.1, 0.15) is 55.8 Å². The van der Waals surface area contributed by atoms with E-state index in [1.807, 2.05) is 0 Å². The molecule has 0 aromatic heterocycles. The summed E-state index contributed by atoms with van der Waals surface area (Å²) in [6.07, 6.45) is -5.41. The Morgan fingerprint density at radius 1 is 1.00 bits per heavy atom. The second kappa shape index (κ2) is 13.8. The summed E-state index contributed by atoms with van der Waals surface area (Å²) in [6, 6.07) is 6.16. The number of benzene rings is 2. The number of carbonyl (C=O) groups is 1. The van der Waals surface area contributed by atoms with E-state index in [1.54, 1.807) is 19.1 Å². The van der Waals surface area contributed by atoms with Gasteiger partial charge in [-0.2, -0.15) is 0 Å². The number of phenolic OH excluding ortho intramolecular Hbond substituents is 1. The Hall–Kier alpha value is -3.63. The largest absolute Gasteiger partial charge is 0.504 e. The van der Waals surface area contributed by atoms with Gasteiger partial charge in [0, 0.05) is 18.1 Å². The van der Waals surface area contributed by atoms with Crippen LogP contribution in [0.25, 0.3) is 6.08 Å². The summed E-state index contributed by atoms with van der Waals surface area (Å²) in [5, 5.41) is 54.9. The highest BCUT2D eigenvalue weighted by atomic mass is 19.1. The number of phenols is 1. The molecule has 2 heterocycles. The molecule has 1 aliphatic carbocycles. The van der Waals surface area contributed by atoms with E-state index in [4.69, 9.17) is 23.7 Å². The molecule has 2 saturated heterocycles. The third-order valence-corrected chi connectivity index (χ3v) is 7.95. The molecule has 0 bridgehead atoms. The van der Waals surface area contributed by atoms with Gasteiger partial charge in [0.25, 0.3) is 0 Å². The van der Waals surface area contributed by atoms with Crippen LogP contribution in [0.3, 0.4) is 0 Å². The zero-order chi connectivity index (χ0) is 32.4. The zero-order valence-electron chi connectivity index (χ0n) is 24.4. The number of hydrogen-bond acceptors (Lipinski definition) is 11. The van der Waals surface area contributed by atoms with Gasteiger partial charge in [0.15, 0.2) is 23.1 Å². The molecule has 1 saturated carbocycles. The van der Waals surface area contributed by atoms with Crippen LogP contribution in [0.4, 0.5) is 8.78 Å². The van der Waals surface area contributed by atoms with E-state index in [0.29, 0.717) is 17.2 Å². The molecule has 45 heavy (non-hydrogen) atoms. The number of nitrogens with one attached hydrogen (secondary N) is 1. The van der Waals surface area contributed by atoms with Gasteiger partial charge in [-0.1, -0.05) is 6.07 Å². The fourth-order valence-electron chi connectivity index (χ4n) is 5.49. The minimum atomic E-state index is -1.49. The maximum absolute atomic E-state index is 13.8. The number of carbonyl (C=O) groups excluding carboxylic acids is 1. The van der Waals surface area contributed by atoms with Crippen molar-refractivity contribution in [2.24, 2.45) is 0 Å². The van der Waals surface area contributed by atoms with Gasteiger partial charge in [-0.3, -0.25) is 4.79 Å². The molecule has 5 rings (SSSR count). The van der Waals surface area contributed by atoms with Gasteiger partial charge in [-0.15, -0.1) is 0 Å². The first-order chi connectivity index (χ1) is 21.4. The molecule has 2 aromatic carbocycles. The van der Waals surface area contributed by atoms with E-state index >= 15 is 0 Å². The smallest absolute Gasteiger partial charge is 0.247 e. The van der Waals surface area contributed by atoms with Crippen molar-refractivity contribution in [1.29, 1.82) is 0 Å². The number of fused-ring (bicyclic) bond motifs is 1. The number of rotatable bonds is 9. The molecule has 14 heteroatoms. The van der Waals surface area contributed by atoms with Crippen LogP contribution in [0.5, 0.6) is 17.2 Å². The quantitative estimate of drug-likeness (QED) is 0.173. The number of aliphatic hydroxyl groups is 4. The third-order valence-electron chi connectivity index (χ3n) is 7.95. The highest BCUT2D eigenvalue weighted by Gasteiger charge is 2.53. The summed E-state index contributed by atoms with van der Waals surface area (Å²) in [4.78, 5) is 12.8. The van der Waals surface area contributed by atoms with Gasteiger partial charge >= 0.3 is 0 Å². The topological polar surface area (TPSA) is 176 Å². The lowest BCUT2D eigenvalue weighted by Crippen LogP contribution is -2.67. The number of halogens is 2. The van der Waals surface area contributed by atoms with Crippen molar-refractivity contribution < 1.29 is 62.8 Å². The lowest BCUT2D eigenvalue weighted by Gasteiger charge is -2.41. The first-order valence-electron chi connectivity index (χ1n) is 14.3. The summed E-state index contributed by atoms with van der Waals surface area (Å²) < 4.78 is 54.2. The van der Waals surface area contributed by atoms with Crippen molar-refractivity contribution >= 4 is 12.0 Å². The molecule has 0 unspecified atom stereocenters. The molecule has 2 aliphatic heterocycles. The molecule has 12 nitrogen and oxygen atoms in total. The number of ether oxygens (including phenoxy) is 5. The standard InChI is InChI=1S/C31H35F2NO11/c1-14(7-8-41-21-6-4-17(32)11-18(21)33)28-20(36)12-23(45-28)44-22-5-3-16(10-19(22)35)9-15(2)31(40)34-24-25(37)27(39)30-29(26(24)38)42-13-43-30/h3-7,9-11,20,23-30,35-39H,8,12-13H2,1-2H3,(H,34,40)/b14-7+,15-9+/t20-,23+,24+,25-,26+,27+,28+,29-,30+/m0/s1. The van der Waals surface area contributed by atoms with Crippen LogP contribution in [0, 0.1) is 11.6 Å². The van der Waals surface area contributed by atoms with Crippen molar-refractivity contribution in [3.05, 3.63) is 70.8 Å². The Morgan fingerprint density at radius 2 is 1.71 bits per heavy atom. The molecule has 6 N–H and O–H groups in total. The predicted molar refractivity (Wildman–Crippen MR) is 152 cm³/mol. The number of aliphatic hydroxyl groups excluding tert-OH is 4. The molecule has 1 amide bonds. The second-order valence-electron chi connectivity index (χ2n) is 11.1. The van der Waals surface area contributed by atoms with Crippen LogP contribution in [0.15, 0.2) is 53.6 Å². The van der Waals surface area contributed by atoms with Crippen LogP contribution in [-0.2, 0) is 19.0 Å². The van der Waals surface area contributed by atoms with Gasteiger partial charge in [0.05, 0.1) is 12.1 Å². The van der Waals surface area contributed by atoms with E-state index in [1.165, 1.54) is 31.2 Å².